The molecule has 13 heavy (non-hydrogen) atoms. The van der Waals surface area contributed by atoms with Crippen LogP contribution in [0.5, 0.6) is 0 Å². The molecule has 2 heterocycles. The van der Waals surface area contributed by atoms with E-state index >= 15 is 0 Å². The molecule has 0 unspecified atom stereocenters. The third-order valence-corrected chi connectivity index (χ3v) is 1.91. The molecule has 66 valence electrons. The van der Waals surface area contributed by atoms with Crippen LogP contribution in [-0.2, 0) is 0 Å². The van der Waals surface area contributed by atoms with E-state index in [0.29, 0.717) is 5.78 Å². The minimum Gasteiger partial charge on any atom is -0.476 e. The third-order valence-electron chi connectivity index (χ3n) is 1.50. The van der Waals surface area contributed by atoms with Gasteiger partial charge in [0, 0.05) is 18.6 Å². The summed E-state index contributed by atoms with van der Waals surface area (Å²) >= 11 is 3.22. The molecule has 0 aliphatic rings. The fourth-order valence-electron chi connectivity index (χ4n) is 0.963. The largest absolute Gasteiger partial charge is 0.476 e. The Morgan fingerprint density at radius 3 is 3.00 bits per heavy atom. The third kappa shape index (κ3) is 1.40. The van der Waals surface area contributed by atoms with Crippen LogP contribution in [0.4, 0.5) is 0 Å². The fourth-order valence-corrected chi connectivity index (χ4v) is 1.29. The Balaban J connectivity index is 2.68. The van der Waals surface area contributed by atoms with Crippen molar-refractivity contribution in [3.63, 3.8) is 0 Å². The van der Waals surface area contributed by atoms with Crippen molar-refractivity contribution in [2.75, 3.05) is 0 Å². The number of carbonyl (C=O) groups is 1. The molecule has 2 rings (SSSR count). The average molecular weight is 242 g/mol. The van der Waals surface area contributed by atoms with Gasteiger partial charge in [-0.15, -0.1) is 0 Å². The predicted octanol–water partition coefficient (Wildman–Crippen LogP) is 1.19. The van der Waals surface area contributed by atoms with Crippen LogP contribution in [0.3, 0.4) is 0 Å². The van der Waals surface area contributed by atoms with Crippen molar-refractivity contribution in [3.8, 4) is 0 Å². The number of fused-ring (bicyclic) bond motifs is 1. The molecule has 0 aliphatic carbocycles. The van der Waals surface area contributed by atoms with Crippen molar-refractivity contribution in [1.82, 2.24) is 14.4 Å². The molecule has 0 amide bonds. The van der Waals surface area contributed by atoms with E-state index in [1.807, 2.05) is 0 Å². The maximum atomic E-state index is 10.5. The lowest BCUT2D eigenvalue weighted by molar-refractivity contribution is 0.0691. The number of hydrogen-bond acceptors (Lipinski definition) is 3. The van der Waals surface area contributed by atoms with E-state index in [4.69, 9.17) is 5.11 Å². The summed E-state index contributed by atoms with van der Waals surface area (Å²) in [6.45, 7) is 0. The van der Waals surface area contributed by atoms with E-state index in [1.54, 1.807) is 16.8 Å². The van der Waals surface area contributed by atoms with Gasteiger partial charge < -0.3 is 5.11 Å². The number of nitrogens with zero attached hydrogens (tertiary/aromatic N) is 3. The average Bonchev–Trinajstić information content (AvgIpc) is 2.46. The van der Waals surface area contributed by atoms with Crippen LogP contribution < -0.4 is 0 Å². The molecule has 0 radical (unpaired) electrons. The van der Waals surface area contributed by atoms with E-state index < -0.39 is 5.97 Å². The monoisotopic (exact) mass is 241 g/mol. The Kier molecular flexibility index (Phi) is 1.77. The summed E-state index contributed by atoms with van der Waals surface area (Å²) in [6.07, 6.45) is 4.67. The highest BCUT2D eigenvalue weighted by Crippen LogP contribution is 2.09. The summed E-state index contributed by atoms with van der Waals surface area (Å²) in [6, 6.07) is 0. The summed E-state index contributed by atoms with van der Waals surface area (Å²) in [7, 11) is 0. The number of aromatic carboxylic acids is 1. The fraction of sp³-hybridized carbons (Fsp3) is 0. The number of rotatable bonds is 1. The normalized spacial score (nSPS) is 10.5. The first-order valence-electron chi connectivity index (χ1n) is 3.40. The number of carboxylic acids is 1. The summed E-state index contributed by atoms with van der Waals surface area (Å²) < 4.78 is 2.32. The number of hydrogen-bond donors (Lipinski definition) is 1. The van der Waals surface area contributed by atoms with Crippen molar-refractivity contribution in [2.24, 2.45) is 0 Å². The van der Waals surface area contributed by atoms with E-state index in [9.17, 15) is 4.79 Å². The number of aromatic nitrogens is 3. The molecular formula is C7H4BrN3O2. The Morgan fingerprint density at radius 2 is 2.31 bits per heavy atom. The predicted molar refractivity (Wildman–Crippen MR) is 47.6 cm³/mol. The molecule has 0 spiro atoms. The zero-order valence-electron chi connectivity index (χ0n) is 6.31. The molecule has 1 N–H and O–H groups in total. The van der Waals surface area contributed by atoms with E-state index in [-0.39, 0.29) is 5.69 Å². The van der Waals surface area contributed by atoms with Gasteiger partial charge in [-0.2, -0.15) is 0 Å². The van der Waals surface area contributed by atoms with E-state index in [0.717, 1.165) is 4.47 Å². The molecule has 5 nitrogen and oxygen atoms in total. The van der Waals surface area contributed by atoms with Crippen molar-refractivity contribution >= 4 is 27.7 Å². The zero-order chi connectivity index (χ0) is 9.42. The molecule has 0 atom stereocenters. The van der Waals surface area contributed by atoms with Crippen LogP contribution in [0, 0.1) is 0 Å². The van der Waals surface area contributed by atoms with Gasteiger partial charge in [0.1, 0.15) is 0 Å². The van der Waals surface area contributed by atoms with Gasteiger partial charge in [-0.05, 0) is 15.9 Å². The smallest absolute Gasteiger partial charge is 0.356 e. The van der Waals surface area contributed by atoms with Crippen molar-refractivity contribution < 1.29 is 9.90 Å². The van der Waals surface area contributed by atoms with Gasteiger partial charge in [0.15, 0.2) is 5.69 Å². The van der Waals surface area contributed by atoms with Crippen LogP contribution in [0.1, 0.15) is 10.5 Å². The van der Waals surface area contributed by atoms with Gasteiger partial charge in [-0.1, -0.05) is 0 Å². The molecule has 0 aliphatic heterocycles. The number of halogens is 1. The minimum atomic E-state index is -1.05. The highest BCUT2D eigenvalue weighted by atomic mass is 79.9. The lowest BCUT2D eigenvalue weighted by Crippen LogP contribution is -1.94. The van der Waals surface area contributed by atoms with Gasteiger partial charge in [0.05, 0.1) is 4.47 Å². The van der Waals surface area contributed by atoms with Gasteiger partial charge in [-0.3, -0.25) is 4.40 Å². The second-order valence-electron chi connectivity index (χ2n) is 2.41. The zero-order valence-corrected chi connectivity index (χ0v) is 7.89. The van der Waals surface area contributed by atoms with Crippen molar-refractivity contribution in [1.29, 1.82) is 0 Å². The molecular weight excluding hydrogens is 238 g/mol. The van der Waals surface area contributed by atoms with Gasteiger partial charge in [-0.25, -0.2) is 14.8 Å². The summed E-state index contributed by atoms with van der Waals surface area (Å²) in [4.78, 5) is 18.3. The second-order valence-corrected chi connectivity index (χ2v) is 3.33. The Labute approximate surface area is 81.2 Å². The number of carboxylic acid groups (broad SMARTS) is 1. The maximum absolute atomic E-state index is 10.5. The molecule has 2 aromatic rings. The molecule has 0 saturated heterocycles. The number of imidazole rings is 1. The van der Waals surface area contributed by atoms with Gasteiger partial charge in [0.2, 0.25) is 5.78 Å². The summed E-state index contributed by atoms with van der Waals surface area (Å²) in [5, 5.41) is 8.64. The standard InChI is InChI=1S/C7H4BrN3O2/c8-4-1-9-7-10-5(6(12)13)3-11(7)2-4/h1-3H,(H,12,13). The van der Waals surface area contributed by atoms with Crippen LogP contribution in [0.2, 0.25) is 0 Å². The van der Waals surface area contributed by atoms with Crippen LogP contribution in [0.15, 0.2) is 23.1 Å². The highest BCUT2D eigenvalue weighted by molar-refractivity contribution is 9.10. The van der Waals surface area contributed by atoms with E-state index in [2.05, 4.69) is 25.9 Å². The minimum absolute atomic E-state index is 0.00870. The summed E-state index contributed by atoms with van der Waals surface area (Å²) in [5.41, 5.74) is -0.00870. The quantitative estimate of drug-likeness (QED) is 0.815. The van der Waals surface area contributed by atoms with Crippen LogP contribution in [-0.4, -0.2) is 25.4 Å². The molecule has 6 heteroatoms. The first-order valence-corrected chi connectivity index (χ1v) is 4.19. The van der Waals surface area contributed by atoms with Gasteiger partial charge in [0.25, 0.3) is 0 Å². The molecule has 0 aromatic carbocycles. The SMILES string of the molecule is O=C(O)c1cn2cc(Br)cnc2n1. The van der Waals surface area contributed by atoms with Crippen LogP contribution >= 0.6 is 15.9 Å². The Bertz CT molecular complexity index is 480. The molecule has 2 aromatic heterocycles. The molecule has 0 saturated carbocycles. The van der Waals surface area contributed by atoms with Crippen molar-refractivity contribution in [2.45, 2.75) is 0 Å². The lowest BCUT2D eigenvalue weighted by atomic mass is 10.5. The van der Waals surface area contributed by atoms with Crippen LogP contribution in [0.25, 0.3) is 5.78 Å². The van der Waals surface area contributed by atoms with Gasteiger partial charge >= 0.3 is 5.97 Å². The molecule has 0 fully saturated rings. The first kappa shape index (κ1) is 8.18. The lowest BCUT2D eigenvalue weighted by Gasteiger charge is -1.90. The highest BCUT2D eigenvalue weighted by Gasteiger charge is 2.08. The molecule has 0 bridgehead atoms. The maximum Gasteiger partial charge on any atom is 0.356 e. The first-order chi connectivity index (χ1) is 6.16. The van der Waals surface area contributed by atoms with Crippen molar-refractivity contribution in [3.05, 3.63) is 28.8 Å². The Morgan fingerprint density at radius 1 is 1.54 bits per heavy atom. The van der Waals surface area contributed by atoms with E-state index in [1.165, 1.54) is 6.20 Å². The topological polar surface area (TPSA) is 67.5 Å². The summed E-state index contributed by atoms with van der Waals surface area (Å²) in [5.74, 6) is -0.678. The Hall–Kier alpha value is -1.43. The second kappa shape index (κ2) is 2.81.